The van der Waals surface area contributed by atoms with Crippen molar-refractivity contribution < 1.29 is 9.90 Å². The summed E-state index contributed by atoms with van der Waals surface area (Å²) in [5.41, 5.74) is 1.31. The van der Waals surface area contributed by atoms with E-state index in [1.807, 2.05) is 13.0 Å². The predicted octanol–water partition coefficient (Wildman–Crippen LogP) is 1.25. The molecule has 1 saturated carbocycles. The first-order chi connectivity index (χ1) is 7.56. The van der Waals surface area contributed by atoms with Crippen LogP contribution in [0.15, 0.2) is 12.1 Å². The largest absolute Gasteiger partial charge is 0.393 e. The molecular formula is C11H13IN2O2. The van der Waals surface area contributed by atoms with E-state index in [0.29, 0.717) is 18.5 Å². The van der Waals surface area contributed by atoms with Crippen LogP contribution in [0.25, 0.3) is 0 Å². The lowest BCUT2D eigenvalue weighted by Gasteiger charge is -2.31. The van der Waals surface area contributed by atoms with E-state index in [9.17, 15) is 4.79 Å². The van der Waals surface area contributed by atoms with Gasteiger partial charge in [-0.25, -0.2) is 4.98 Å². The van der Waals surface area contributed by atoms with Crippen molar-refractivity contribution in [3.63, 3.8) is 0 Å². The van der Waals surface area contributed by atoms with Crippen LogP contribution in [0.2, 0.25) is 0 Å². The van der Waals surface area contributed by atoms with Gasteiger partial charge >= 0.3 is 0 Å². The highest BCUT2D eigenvalue weighted by atomic mass is 127. The molecule has 0 aromatic carbocycles. The zero-order chi connectivity index (χ0) is 11.7. The normalized spacial score (nSPS) is 23.7. The van der Waals surface area contributed by atoms with E-state index in [-0.39, 0.29) is 18.1 Å². The topological polar surface area (TPSA) is 62.2 Å². The molecule has 0 bridgehead atoms. The minimum atomic E-state index is -0.253. The summed E-state index contributed by atoms with van der Waals surface area (Å²) in [7, 11) is 0. The maximum absolute atomic E-state index is 11.8. The van der Waals surface area contributed by atoms with Gasteiger partial charge < -0.3 is 10.4 Å². The lowest BCUT2D eigenvalue weighted by atomic mass is 9.89. The Morgan fingerprint density at radius 2 is 2.25 bits per heavy atom. The van der Waals surface area contributed by atoms with Crippen molar-refractivity contribution in [2.24, 2.45) is 0 Å². The summed E-state index contributed by atoms with van der Waals surface area (Å²) in [5.74, 6) is -0.156. The van der Waals surface area contributed by atoms with Crippen LogP contribution < -0.4 is 5.32 Å². The highest BCUT2D eigenvalue weighted by molar-refractivity contribution is 14.1. The number of amides is 1. The monoisotopic (exact) mass is 332 g/mol. The SMILES string of the molecule is Cc1nc(C(=O)N[C@H]2C[C@@H](O)C2)ccc1I. The second-order valence-corrected chi connectivity index (χ2v) is 5.22. The fourth-order valence-corrected chi connectivity index (χ4v) is 1.94. The summed E-state index contributed by atoms with van der Waals surface area (Å²) in [6.07, 6.45) is 1.04. The molecule has 4 nitrogen and oxygen atoms in total. The number of carbonyl (C=O) groups excluding carboxylic acids is 1. The number of nitrogens with zero attached hydrogens (tertiary/aromatic N) is 1. The van der Waals surface area contributed by atoms with Gasteiger partial charge in [0.1, 0.15) is 5.69 Å². The third kappa shape index (κ3) is 2.52. The quantitative estimate of drug-likeness (QED) is 0.802. The Labute approximate surface area is 108 Å². The van der Waals surface area contributed by atoms with Crippen molar-refractivity contribution in [2.75, 3.05) is 0 Å². The van der Waals surface area contributed by atoms with Gasteiger partial charge in [0, 0.05) is 9.61 Å². The van der Waals surface area contributed by atoms with E-state index in [1.165, 1.54) is 0 Å². The van der Waals surface area contributed by atoms with Crippen molar-refractivity contribution >= 4 is 28.5 Å². The molecule has 5 heteroatoms. The van der Waals surface area contributed by atoms with Crippen molar-refractivity contribution in [3.05, 3.63) is 27.1 Å². The van der Waals surface area contributed by atoms with Crippen LogP contribution in [-0.2, 0) is 0 Å². The Bertz CT molecular complexity index is 416. The number of aryl methyl sites for hydroxylation is 1. The van der Waals surface area contributed by atoms with Crippen molar-refractivity contribution in [3.8, 4) is 0 Å². The zero-order valence-corrected chi connectivity index (χ0v) is 11.1. The van der Waals surface area contributed by atoms with E-state index in [0.717, 1.165) is 9.26 Å². The molecule has 0 saturated heterocycles. The Morgan fingerprint density at radius 3 is 2.81 bits per heavy atom. The first-order valence-electron chi connectivity index (χ1n) is 5.18. The number of nitrogens with one attached hydrogen (secondary N) is 1. The zero-order valence-electron chi connectivity index (χ0n) is 8.90. The highest BCUT2D eigenvalue weighted by Crippen LogP contribution is 2.19. The summed E-state index contributed by atoms with van der Waals surface area (Å²) >= 11 is 2.18. The Balaban J connectivity index is 2.01. The Hall–Kier alpha value is -0.690. The van der Waals surface area contributed by atoms with Crippen molar-refractivity contribution in [1.82, 2.24) is 10.3 Å². The van der Waals surface area contributed by atoms with E-state index in [4.69, 9.17) is 5.11 Å². The summed E-state index contributed by atoms with van der Waals surface area (Å²) in [4.78, 5) is 16.0. The molecule has 1 heterocycles. The van der Waals surface area contributed by atoms with Crippen molar-refractivity contribution in [1.29, 1.82) is 0 Å². The molecule has 1 aromatic rings. The standard InChI is InChI=1S/C11H13IN2O2/c1-6-9(12)2-3-10(13-6)11(16)14-7-4-8(15)5-7/h2-3,7-8,15H,4-5H2,1H3,(H,14,16)/t7-,8+. The Morgan fingerprint density at radius 1 is 1.56 bits per heavy atom. The lowest BCUT2D eigenvalue weighted by molar-refractivity contribution is 0.0560. The molecule has 16 heavy (non-hydrogen) atoms. The van der Waals surface area contributed by atoms with Crippen LogP contribution in [0, 0.1) is 10.5 Å². The summed E-state index contributed by atoms with van der Waals surface area (Å²) in [6.45, 7) is 1.88. The van der Waals surface area contributed by atoms with Crippen LogP contribution in [0.3, 0.4) is 0 Å². The summed E-state index contributed by atoms with van der Waals surface area (Å²) in [5, 5.41) is 12.0. The maximum atomic E-state index is 11.8. The highest BCUT2D eigenvalue weighted by Gasteiger charge is 2.28. The first kappa shape index (κ1) is 11.8. The number of aliphatic hydroxyl groups is 1. The summed E-state index contributed by atoms with van der Waals surface area (Å²) in [6, 6.07) is 3.70. The fraction of sp³-hybridized carbons (Fsp3) is 0.455. The molecule has 2 rings (SSSR count). The van der Waals surface area contributed by atoms with E-state index < -0.39 is 0 Å². The lowest BCUT2D eigenvalue weighted by Crippen LogP contribution is -2.46. The number of aromatic nitrogens is 1. The van der Waals surface area contributed by atoms with Crippen LogP contribution in [0.4, 0.5) is 0 Å². The molecule has 1 fully saturated rings. The Kier molecular flexibility index (Phi) is 3.44. The average molecular weight is 332 g/mol. The van der Waals surface area contributed by atoms with Gasteiger partial charge in [-0.1, -0.05) is 0 Å². The van der Waals surface area contributed by atoms with Gasteiger partial charge in [-0.3, -0.25) is 4.79 Å². The molecule has 86 valence electrons. The smallest absolute Gasteiger partial charge is 0.270 e. The van der Waals surface area contributed by atoms with Crippen molar-refractivity contribution in [2.45, 2.75) is 31.9 Å². The molecule has 0 unspecified atom stereocenters. The van der Waals surface area contributed by atoms with Gasteiger partial charge in [0.15, 0.2) is 0 Å². The van der Waals surface area contributed by atoms with Crippen LogP contribution >= 0.6 is 22.6 Å². The van der Waals surface area contributed by atoms with Gasteiger partial charge in [0.2, 0.25) is 0 Å². The van der Waals surface area contributed by atoms with Gasteiger partial charge in [0.25, 0.3) is 5.91 Å². The third-order valence-electron chi connectivity index (χ3n) is 2.70. The average Bonchev–Trinajstić information content (AvgIpc) is 2.19. The number of aliphatic hydroxyl groups excluding tert-OH is 1. The van der Waals surface area contributed by atoms with Crippen LogP contribution in [0.1, 0.15) is 29.0 Å². The van der Waals surface area contributed by atoms with E-state index in [2.05, 4.69) is 32.9 Å². The maximum Gasteiger partial charge on any atom is 0.270 e. The van der Waals surface area contributed by atoms with E-state index in [1.54, 1.807) is 6.07 Å². The van der Waals surface area contributed by atoms with Gasteiger partial charge in [-0.15, -0.1) is 0 Å². The molecule has 0 atom stereocenters. The minimum Gasteiger partial charge on any atom is -0.393 e. The molecule has 1 aliphatic rings. The molecular weight excluding hydrogens is 319 g/mol. The molecule has 1 aromatic heterocycles. The van der Waals surface area contributed by atoms with E-state index >= 15 is 0 Å². The third-order valence-corrected chi connectivity index (χ3v) is 3.84. The van der Waals surface area contributed by atoms with Gasteiger partial charge in [-0.05, 0) is 54.5 Å². The molecule has 0 spiro atoms. The number of hydrogen-bond acceptors (Lipinski definition) is 3. The minimum absolute atomic E-state index is 0.101. The fourth-order valence-electron chi connectivity index (χ4n) is 1.64. The number of rotatable bonds is 2. The predicted molar refractivity (Wildman–Crippen MR) is 68.2 cm³/mol. The molecule has 1 aliphatic carbocycles. The first-order valence-corrected chi connectivity index (χ1v) is 6.26. The second kappa shape index (κ2) is 4.67. The number of carbonyl (C=O) groups is 1. The summed E-state index contributed by atoms with van der Waals surface area (Å²) < 4.78 is 1.05. The molecule has 1 amide bonds. The van der Waals surface area contributed by atoms with Crippen LogP contribution in [-0.4, -0.2) is 28.1 Å². The molecule has 0 aliphatic heterocycles. The van der Waals surface area contributed by atoms with Gasteiger partial charge in [0.05, 0.1) is 11.8 Å². The number of hydrogen-bond donors (Lipinski definition) is 2. The molecule has 0 radical (unpaired) electrons. The van der Waals surface area contributed by atoms with Gasteiger partial charge in [-0.2, -0.15) is 0 Å². The molecule has 2 N–H and O–H groups in total. The second-order valence-electron chi connectivity index (χ2n) is 4.06. The number of pyridine rings is 1. The van der Waals surface area contributed by atoms with Crippen LogP contribution in [0.5, 0.6) is 0 Å². The number of halogens is 1.